The van der Waals surface area contributed by atoms with Gasteiger partial charge >= 0.3 is 0 Å². The zero-order valence-corrected chi connectivity index (χ0v) is 11.2. The molecule has 0 aromatic carbocycles. The number of pyridine rings is 1. The number of rotatable bonds is 2. The monoisotopic (exact) mass is 292 g/mol. The molecule has 0 saturated heterocycles. The van der Waals surface area contributed by atoms with E-state index in [9.17, 15) is 8.42 Å². The van der Waals surface area contributed by atoms with Crippen molar-refractivity contribution in [2.45, 2.75) is 25.5 Å². The van der Waals surface area contributed by atoms with Gasteiger partial charge in [0.25, 0.3) is 0 Å². The first-order chi connectivity index (χ1) is 6.72. The Bertz CT molecular complexity index is 434. The molecule has 0 aliphatic rings. The summed E-state index contributed by atoms with van der Waals surface area (Å²) in [6.07, 6.45) is 1.47. The number of hydrogen-bond acceptors (Lipinski definition) is 3. The lowest BCUT2D eigenvalue weighted by Gasteiger charge is -2.20. The van der Waals surface area contributed by atoms with Crippen LogP contribution in [0.3, 0.4) is 0 Å². The average Bonchev–Trinajstić information content (AvgIpc) is 2.06. The fraction of sp³-hybridized carbons (Fsp3) is 0.444. The van der Waals surface area contributed by atoms with Gasteiger partial charge in [-0.15, -0.1) is 0 Å². The Labute approximate surface area is 98.3 Å². The molecule has 84 valence electrons. The maximum atomic E-state index is 11.8. The fourth-order valence-corrected chi connectivity index (χ4v) is 1.72. The molecule has 1 aromatic rings. The van der Waals surface area contributed by atoms with Crippen LogP contribution in [0.2, 0.25) is 0 Å². The highest BCUT2D eigenvalue weighted by molar-refractivity contribution is 9.10. The van der Waals surface area contributed by atoms with Gasteiger partial charge in [-0.1, -0.05) is 0 Å². The van der Waals surface area contributed by atoms with Crippen LogP contribution in [0.25, 0.3) is 0 Å². The highest BCUT2D eigenvalue weighted by atomic mass is 79.9. The summed E-state index contributed by atoms with van der Waals surface area (Å²) < 4.78 is 25.8. The number of halogens is 1. The molecule has 0 spiro atoms. The molecule has 0 fully saturated rings. The smallest absolute Gasteiger partial charge is 0.237 e. The van der Waals surface area contributed by atoms with Crippen LogP contribution in [0.15, 0.2) is 22.9 Å². The van der Waals surface area contributed by atoms with E-state index in [0.29, 0.717) is 10.3 Å². The van der Waals surface area contributed by atoms with Crippen LogP contribution < -0.4 is 4.72 Å². The van der Waals surface area contributed by atoms with Crippen molar-refractivity contribution in [2.75, 3.05) is 4.72 Å². The predicted octanol–water partition coefficient (Wildman–Crippen LogP) is 2.38. The largest absolute Gasteiger partial charge is 0.282 e. The van der Waals surface area contributed by atoms with Crippen molar-refractivity contribution < 1.29 is 8.42 Å². The van der Waals surface area contributed by atoms with Gasteiger partial charge in [0.2, 0.25) is 10.0 Å². The van der Waals surface area contributed by atoms with Gasteiger partial charge < -0.3 is 0 Å². The average molecular weight is 293 g/mol. The summed E-state index contributed by atoms with van der Waals surface area (Å²) >= 11 is 3.18. The summed E-state index contributed by atoms with van der Waals surface area (Å²) in [5.74, 6) is 0. The van der Waals surface area contributed by atoms with Crippen molar-refractivity contribution in [3.63, 3.8) is 0 Å². The maximum Gasteiger partial charge on any atom is 0.237 e. The molecule has 0 bridgehead atoms. The van der Waals surface area contributed by atoms with Gasteiger partial charge in [0.1, 0.15) is 4.60 Å². The van der Waals surface area contributed by atoms with E-state index < -0.39 is 14.8 Å². The third-order valence-electron chi connectivity index (χ3n) is 1.79. The molecule has 15 heavy (non-hydrogen) atoms. The fourth-order valence-electron chi connectivity index (χ4n) is 0.744. The number of anilines is 1. The minimum Gasteiger partial charge on any atom is -0.282 e. The molecule has 0 atom stereocenters. The lowest BCUT2D eigenvalue weighted by atomic mass is 10.3. The second-order valence-electron chi connectivity index (χ2n) is 4.09. The summed E-state index contributed by atoms with van der Waals surface area (Å²) in [4.78, 5) is 3.94. The molecule has 4 nitrogen and oxygen atoms in total. The van der Waals surface area contributed by atoms with Gasteiger partial charge in [-0.25, -0.2) is 13.4 Å². The molecule has 0 amide bonds. The van der Waals surface area contributed by atoms with Crippen molar-refractivity contribution in [3.8, 4) is 0 Å². The van der Waals surface area contributed by atoms with E-state index in [0.717, 1.165) is 0 Å². The van der Waals surface area contributed by atoms with E-state index in [1.54, 1.807) is 32.9 Å². The topological polar surface area (TPSA) is 59.1 Å². The molecule has 6 heteroatoms. The van der Waals surface area contributed by atoms with E-state index in [1.165, 1.54) is 6.20 Å². The van der Waals surface area contributed by atoms with Crippen LogP contribution >= 0.6 is 15.9 Å². The number of nitrogens with one attached hydrogen (secondary N) is 1. The first-order valence-electron chi connectivity index (χ1n) is 4.36. The lowest BCUT2D eigenvalue weighted by Crippen LogP contribution is -2.33. The molecule has 0 saturated carbocycles. The van der Waals surface area contributed by atoms with Crippen molar-refractivity contribution >= 4 is 31.6 Å². The van der Waals surface area contributed by atoms with Crippen molar-refractivity contribution in [3.05, 3.63) is 22.9 Å². The lowest BCUT2D eigenvalue weighted by molar-refractivity contribution is 0.566. The van der Waals surface area contributed by atoms with E-state index in [-0.39, 0.29) is 0 Å². The quantitative estimate of drug-likeness (QED) is 0.852. The van der Waals surface area contributed by atoms with Gasteiger partial charge in [0.05, 0.1) is 16.6 Å². The van der Waals surface area contributed by atoms with E-state index >= 15 is 0 Å². The molecule has 1 N–H and O–H groups in total. The van der Waals surface area contributed by atoms with Crippen LogP contribution in [-0.2, 0) is 10.0 Å². The molecular formula is C9H13BrN2O2S. The normalized spacial score (nSPS) is 12.5. The van der Waals surface area contributed by atoms with Gasteiger partial charge in [0, 0.05) is 0 Å². The van der Waals surface area contributed by atoms with Gasteiger partial charge in [-0.05, 0) is 48.8 Å². The Hall–Kier alpha value is -0.620. The summed E-state index contributed by atoms with van der Waals surface area (Å²) in [7, 11) is -3.37. The summed E-state index contributed by atoms with van der Waals surface area (Å²) in [5, 5.41) is 0. The van der Waals surface area contributed by atoms with Gasteiger partial charge in [0.15, 0.2) is 0 Å². The number of sulfonamides is 1. The van der Waals surface area contributed by atoms with E-state index in [4.69, 9.17) is 0 Å². The predicted molar refractivity (Wildman–Crippen MR) is 64.2 cm³/mol. The van der Waals surface area contributed by atoms with Crippen LogP contribution in [0.5, 0.6) is 0 Å². The van der Waals surface area contributed by atoms with Crippen molar-refractivity contribution in [2.24, 2.45) is 0 Å². The Morgan fingerprint density at radius 1 is 1.33 bits per heavy atom. The SMILES string of the molecule is CC(C)(C)S(=O)(=O)Nc1ccc(Br)nc1. The van der Waals surface area contributed by atoms with Gasteiger partial charge in [-0.2, -0.15) is 0 Å². The maximum absolute atomic E-state index is 11.8. The Kier molecular flexibility index (Phi) is 3.40. The summed E-state index contributed by atoms with van der Waals surface area (Å²) in [6.45, 7) is 4.92. The third-order valence-corrected chi connectivity index (χ3v) is 4.37. The van der Waals surface area contributed by atoms with Crippen LogP contribution in [0.4, 0.5) is 5.69 Å². The Morgan fingerprint density at radius 2 is 1.93 bits per heavy atom. The van der Waals surface area contributed by atoms with Crippen LogP contribution in [0, 0.1) is 0 Å². The molecule has 1 heterocycles. The van der Waals surface area contributed by atoms with Crippen molar-refractivity contribution in [1.29, 1.82) is 0 Å². The Morgan fingerprint density at radius 3 is 2.33 bits per heavy atom. The minimum absolute atomic E-state index is 0.466. The Balaban J connectivity index is 2.93. The molecule has 1 rings (SSSR count). The standard InChI is InChI=1S/C9H13BrN2O2S/c1-9(2,3)15(13,14)12-7-4-5-8(10)11-6-7/h4-6,12H,1-3H3. The van der Waals surface area contributed by atoms with Gasteiger partial charge in [-0.3, -0.25) is 4.72 Å². The highest BCUT2D eigenvalue weighted by Gasteiger charge is 2.28. The third kappa shape index (κ3) is 3.17. The van der Waals surface area contributed by atoms with Crippen LogP contribution in [0.1, 0.15) is 20.8 Å². The second kappa shape index (κ2) is 4.09. The number of hydrogen-bond donors (Lipinski definition) is 1. The highest BCUT2D eigenvalue weighted by Crippen LogP contribution is 2.19. The summed E-state index contributed by atoms with van der Waals surface area (Å²) in [6, 6.07) is 3.33. The molecule has 1 aromatic heterocycles. The number of aromatic nitrogens is 1. The first kappa shape index (κ1) is 12.4. The minimum atomic E-state index is -3.37. The van der Waals surface area contributed by atoms with E-state index in [2.05, 4.69) is 25.6 Å². The van der Waals surface area contributed by atoms with Crippen molar-refractivity contribution in [1.82, 2.24) is 4.98 Å². The van der Waals surface area contributed by atoms with E-state index in [1.807, 2.05) is 0 Å². The van der Waals surface area contributed by atoms with Crippen LogP contribution in [-0.4, -0.2) is 18.1 Å². The molecule has 0 aliphatic heterocycles. The summed E-state index contributed by atoms with van der Waals surface area (Å²) in [5.41, 5.74) is 0.466. The second-order valence-corrected chi connectivity index (χ2v) is 7.34. The molecule has 0 aliphatic carbocycles. The molecule has 0 radical (unpaired) electrons. The first-order valence-corrected chi connectivity index (χ1v) is 6.64. The zero-order chi connectivity index (χ0) is 11.7. The molecule has 0 unspecified atom stereocenters. The zero-order valence-electron chi connectivity index (χ0n) is 8.78. The molecular weight excluding hydrogens is 280 g/mol. The number of nitrogens with zero attached hydrogens (tertiary/aromatic N) is 1.